The lowest BCUT2D eigenvalue weighted by Gasteiger charge is -2.42. The van der Waals surface area contributed by atoms with E-state index in [-0.39, 0.29) is 17.9 Å². The maximum absolute atomic E-state index is 13.9. The molecule has 2 amide bonds. The molecule has 2 atom stereocenters. The van der Waals surface area contributed by atoms with Gasteiger partial charge >= 0.3 is 0 Å². The van der Waals surface area contributed by atoms with Crippen molar-refractivity contribution in [3.05, 3.63) is 93.2 Å². The van der Waals surface area contributed by atoms with Gasteiger partial charge in [0.15, 0.2) is 0 Å². The van der Waals surface area contributed by atoms with Crippen molar-refractivity contribution in [3.63, 3.8) is 0 Å². The Hall–Kier alpha value is -2.96. The molecule has 5 nitrogen and oxygen atoms in total. The van der Waals surface area contributed by atoms with Gasteiger partial charge in [0.25, 0.3) is 5.91 Å². The molecule has 200 valence electrons. The topological polar surface area (TPSA) is 52.7 Å². The zero-order valence-electron chi connectivity index (χ0n) is 22.7. The van der Waals surface area contributed by atoms with E-state index in [4.69, 9.17) is 0 Å². The Morgan fingerprint density at radius 1 is 1.03 bits per heavy atom. The number of likely N-dealkylation sites (tertiary alicyclic amines) is 1. The average molecular weight is 530 g/mol. The van der Waals surface area contributed by atoms with Gasteiger partial charge in [0.1, 0.15) is 0 Å². The molecule has 1 N–H and O–H groups in total. The fourth-order valence-corrected chi connectivity index (χ4v) is 6.78. The van der Waals surface area contributed by atoms with Crippen LogP contribution in [0.5, 0.6) is 0 Å². The zero-order chi connectivity index (χ0) is 26.6. The number of amides is 2. The standard InChI is InChI=1S/C32H39N3O2S/c1-22(2)20-35-30(28-9-6-18-38-28)29(26-7-4-5-8-27(26)32(35)37)31(36)33-19-24-14-16-34(17-15-24)21-25-12-10-23(3)11-13-25/h4-13,18,22,24,29-30H,14-17,19-21H2,1-3H3,(H,33,36)/t29-,30+/m1/s1. The lowest BCUT2D eigenvalue weighted by molar-refractivity contribution is -0.124. The summed E-state index contributed by atoms with van der Waals surface area (Å²) >= 11 is 1.63. The molecule has 38 heavy (non-hydrogen) atoms. The summed E-state index contributed by atoms with van der Waals surface area (Å²) in [6.07, 6.45) is 2.17. The molecule has 5 rings (SSSR count). The first-order chi connectivity index (χ1) is 18.4. The second-order valence-corrected chi connectivity index (χ2v) is 12.3. The van der Waals surface area contributed by atoms with E-state index < -0.39 is 5.92 Å². The van der Waals surface area contributed by atoms with E-state index in [1.807, 2.05) is 40.6 Å². The van der Waals surface area contributed by atoms with Gasteiger partial charge in [-0.05, 0) is 73.3 Å². The summed E-state index contributed by atoms with van der Waals surface area (Å²) in [7, 11) is 0. The fraction of sp³-hybridized carbons (Fsp3) is 0.438. The number of rotatable bonds is 8. The van der Waals surface area contributed by atoms with Crippen molar-refractivity contribution in [2.75, 3.05) is 26.2 Å². The van der Waals surface area contributed by atoms with Gasteiger partial charge in [0.05, 0.1) is 12.0 Å². The van der Waals surface area contributed by atoms with Gasteiger partial charge in [-0.1, -0.05) is 67.9 Å². The summed E-state index contributed by atoms with van der Waals surface area (Å²) in [6.45, 7) is 10.8. The first-order valence-electron chi connectivity index (χ1n) is 13.9. The van der Waals surface area contributed by atoms with Crippen molar-refractivity contribution in [2.45, 2.75) is 52.1 Å². The molecule has 1 fully saturated rings. The van der Waals surface area contributed by atoms with Crippen molar-refractivity contribution in [1.82, 2.24) is 15.1 Å². The molecule has 6 heteroatoms. The number of aryl methyl sites for hydroxylation is 1. The highest BCUT2D eigenvalue weighted by atomic mass is 32.1. The largest absolute Gasteiger partial charge is 0.355 e. The number of hydrogen-bond donors (Lipinski definition) is 1. The number of thiophene rings is 1. The minimum absolute atomic E-state index is 0.0256. The number of fused-ring (bicyclic) bond motifs is 1. The molecule has 1 aromatic heterocycles. The number of nitrogens with one attached hydrogen (secondary N) is 1. The van der Waals surface area contributed by atoms with Gasteiger partial charge < -0.3 is 10.2 Å². The van der Waals surface area contributed by atoms with E-state index in [1.54, 1.807) is 11.3 Å². The Morgan fingerprint density at radius 3 is 2.45 bits per heavy atom. The Bertz CT molecular complexity index is 1230. The summed E-state index contributed by atoms with van der Waals surface area (Å²) in [6, 6.07) is 20.3. The first kappa shape index (κ1) is 26.6. The Labute approximate surface area is 230 Å². The first-order valence-corrected chi connectivity index (χ1v) is 14.8. The van der Waals surface area contributed by atoms with Crippen molar-refractivity contribution < 1.29 is 9.59 Å². The number of benzene rings is 2. The Balaban J connectivity index is 1.28. The second kappa shape index (κ2) is 11.8. The minimum Gasteiger partial charge on any atom is -0.355 e. The third-order valence-electron chi connectivity index (χ3n) is 7.92. The Kier molecular flexibility index (Phi) is 8.29. The summed E-state index contributed by atoms with van der Waals surface area (Å²) in [5.74, 6) is 0.418. The van der Waals surface area contributed by atoms with Gasteiger partial charge in [-0.25, -0.2) is 0 Å². The van der Waals surface area contributed by atoms with E-state index in [0.717, 1.165) is 42.9 Å². The van der Waals surface area contributed by atoms with Crippen LogP contribution in [-0.2, 0) is 11.3 Å². The van der Waals surface area contributed by atoms with Crippen LogP contribution in [0.2, 0.25) is 0 Å². The number of carbonyl (C=O) groups is 2. The molecule has 3 heterocycles. The monoisotopic (exact) mass is 529 g/mol. The molecule has 0 aliphatic carbocycles. The van der Waals surface area contributed by atoms with E-state index >= 15 is 0 Å². The number of piperidine rings is 1. The summed E-state index contributed by atoms with van der Waals surface area (Å²) in [5.41, 5.74) is 4.16. The predicted octanol–water partition coefficient (Wildman–Crippen LogP) is 6.02. The van der Waals surface area contributed by atoms with Crippen LogP contribution in [-0.4, -0.2) is 47.8 Å². The lowest BCUT2D eigenvalue weighted by atomic mass is 9.81. The van der Waals surface area contributed by atoms with Crippen molar-refractivity contribution in [2.24, 2.45) is 11.8 Å². The van der Waals surface area contributed by atoms with E-state index in [0.29, 0.717) is 30.5 Å². The maximum Gasteiger partial charge on any atom is 0.254 e. The number of hydrogen-bond acceptors (Lipinski definition) is 4. The molecule has 2 aliphatic rings. The van der Waals surface area contributed by atoms with Crippen molar-refractivity contribution in [1.29, 1.82) is 0 Å². The molecule has 3 aromatic rings. The van der Waals surface area contributed by atoms with E-state index in [2.05, 4.69) is 61.3 Å². The smallest absolute Gasteiger partial charge is 0.254 e. The van der Waals surface area contributed by atoms with Crippen LogP contribution in [0.1, 0.15) is 70.6 Å². The minimum atomic E-state index is -0.414. The van der Waals surface area contributed by atoms with Crippen LogP contribution >= 0.6 is 11.3 Å². The molecular weight excluding hydrogens is 490 g/mol. The quantitative estimate of drug-likeness (QED) is 0.388. The fourth-order valence-electron chi connectivity index (χ4n) is 5.90. The molecule has 0 spiro atoms. The lowest BCUT2D eigenvalue weighted by Crippen LogP contribution is -2.49. The van der Waals surface area contributed by atoms with Crippen LogP contribution < -0.4 is 5.32 Å². The highest BCUT2D eigenvalue weighted by Gasteiger charge is 2.44. The predicted molar refractivity (Wildman–Crippen MR) is 154 cm³/mol. The molecule has 0 radical (unpaired) electrons. The highest BCUT2D eigenvalue weighted by molar-refractivity contribution is 7.10. The van der Waals surface area contributed by atoms with Crippen LogP contribution in [0, 0.1) is 18.8 Å². The summed E-state index contributed by atoms with van der Waals surface area (Å²) in [5, 5.41) is 5.36. The molecule has 0 bridgehead atoms. The summed E-state index contributed by atoms with van der Waals surface area (Å²) < 4.78 is 0. The van der Waals surface area contributed by atoms with Crippen LogP contribution in [0.15, 0.2) is 66.0 Å². The van der Waals surface area contributed by atoms with Gasteiger partial charge in [-0.3, -0.25) is 14.5 Å². The maximum atomic E-state index is 13.9. The zero-order valence-corrected chi connectivity index (χ0v) is 23.5. The summed E-state index contributed by atoms with van der Waals surface area (Å²) in [4.78, 5) is 33.1. The third kappa shape index (κ3) is 5.87. The second-order valence-electron chi connectivity index (χ2n) is 11.3. The molecular formula is C32H39N3O2S. The van der Waals surface area contributed by atoms with Crippen molar-refractivity contribution in [3.8, 4) is 0 Å². The average Bonchev–Trinajstić information content (AvgIpc) is 3.45. The number of carbonyl (C=O) groups excluding carboxylic acids is 2. The van der Waals surface area contributed by atoms with Gasteiger partial charge in [0, 0.05) is 30.1 Å². The SMILES string of the molecule is Cc1ccc(CN2CCC(CNC(=O)[C@@H]3c4ccccc4C(=O)N(CC(C)C)[C@H]3c3cccs3)CC2)cc1. The molecule has 2 aromatic carbocycles. The molecule has 0 unspecified atom stereocenters. The van der Waals surface area contributed by atoms with Crippen molar-refractivity contribution >= 4 is 23.2 Å². The van der Waals surface area contributed by atoms with Gasteiger partial charge in [-0.2, -0.15) is 0 Å². The van der Waals surface area contributed by atoms with Gasteiger partial charge in [0.2, 0.25) is 5.91 Å². The Morgan fingerprint density at radius 2 is 1.76 bits per heavy atom. The highest BCUT2D eigenvalue weighted by Crippen LogP contribution is 2.44. The molecule has 1 saturated heterocycles. The normalized spacial score (nSPS) is 20.5. The van der Waals surface area contributed by atoms with E-state index in [1.165, 1.54) is 11.1 Å². The molecule has 0 saturated carbocycles. The third-order valence-corrected chi connectivity index (χ3v) is 8.86. The van der Waals surface area contributed by atoms with Crippen LogP contribution in [0.4, 0.5) is 0 Å². The molecule has 2 aliphatic heterocycles. The van der Waals surface area contributed by atoms with E-state index in [9.17, 15) is 9.59 Å². The van der Waals surface area contributed by atoms with Gasteiger partial charge in [-0.15, -0.1) is 11.3 Å². The number of nitrogens with zero attached hydrogens (tertiary/aromatic N) is 2. The van der Waals surface area contributed by atoms with Crippen LogP contribution in [0.25, 0.3) is 0 Å². The van der Waals surface area contributed by atoms with Crippen LogP contribution in [0.3, 0.4) is 0 Å².